The van der Waals surface area contributed by atoms with Gasteiger partial charge in [-0.2, -0.15) is 0 Å². The Hall–Kier alpha value is -2.83. The number of amides is 3. The maximum Gasteiger partial charge on any atom is 0.324 e. The summed E-state index contributed by atoms with van der Waals surface area (Å²) in [5.74, 6) is -1.59. The van der Waals surface area contributed by atoms with Crippen molar-refractivity contribution in [3.05, 3.63) is 36.0 Å². The van der Waals surface area contributed by atoms with Gasteiger partial charge >= 0.3 is 12.0 Å². The van der Waals surface area contributed by atoms with Gasteiger partial charge in [0, 0.05) is 23.6 Å². The lowest BCUT2D eigenvalue weighted by Gasteiger charge is -2.12. The zero-order valence-corrected chi connectivity index (χ0v) is 11.7. The van der Waals surface area contributed by atoms with Crippen LogP contribution in [0.2, 0.25) is 0 Å². The van der Waals surface area contributed by atoms with Gasteiger partial charge in [-0.1, -0.05) is 18.2 Å². The van der Waals surface area contributed by atoms with E-state index in [1.807, 2.05) is 30.5 Å². The van der Waals surface area contributed by atoms with Crippen molar-refractivity contribution >= 4 is 28.8 Å². The Bertz CT molecular complexity index is 752. The van der Waals surface area contributed by atoms with E-state index in [9.17, 15) is 14.4 Å². The SMILES string of the molecule is O=C(O)CC1NC(=O)N(CCc2c[nH]c3ccccc23)C1=O. The summed E-state index contributed by atoms with van der Waals surface area (Å²) in [4.78, 5) is 38.7. The summed E-state index contributed by atoms with van der Waals surface area (Å²) >= 11 is 0. The maximum absolute atomic E-state index is 12.0. The second kappa shape index (κ2) is 5.51. The van der Waals surface area contributed by atoms with E-state index < -0.39 is 30.4 Å². The number of H-pyrrole nitrogens is 1. The van der Waals surface area contributed by atoms with Gasteiger partial charge in [0.25, 0.3) is 5.91 Å². The molecule has 0 radical (unpaired) electrons. The molecule has 0 bridgehead atoms. The lowest BCUT2D eigenvalue weighted by molar-refractivity contribution is -0.140. The monoisotopic (exact) mass is 301 g/mol. The highest BCUT2D eigenvalue weighted by Crippen LogP contribution is 2.19. The first kappa shape index (κ1) is 14.1. The summed E-state index contributed by atoms with van der Waals surface area (Å²) in [7, 11) is 0. The van der Waals surface area contributed by atoms with Gasteiger partial charge in [0.1, 0.15) is 6.04 Å². The molecule has 0 saturated carbocycles. The Morgan fingerprint density at radius 1 is 1.27 bits per heavy atom. The van der Waals surface area contributed by atoms with Crippen LogP contribution in [-0.4, -0.2) is 45.5 Å². The van der Waals surface area contributed by atoms with Crippen molar-refractivity contribution in [1.29, 1.82) is 0 Å². The van der Waals surface area contributed by atoms with Crippen LogP contribution < -0.4 is 5.32 Å². The van der Waals surface area contributed by atoms with E-state index in [4.69, 9.17) is 5.11 Å². The molecule has 114 valence electrons. The van der Waals surface area contributed by atoms with E-state index >= 15 is 0 Å². The number of carbonyl (C=O) groups is 3. The number of imide groups is 1. The highest BCUT2D eigenvalue weighted by Gasteiger charge is 2.38. The molecule has 7 heteroatoms. The lowest BCUT2D eigenvalue weighted by Crippen LogP contribution is -2.33. The number of aromatic nitrogens is 1. The van der Waals surface area contributed by atoms with Gasteiger partial charge in [-0.05, 0) is 18.1 Å². The largest absolute Gasteiger partial charge is 0.481 e. The quantitative estimate of drug-likeness (QED) is 0.720. The minimum Gasteiger partial charge on any atom is -0.481 e. The van der Waals surface area contributed by atoms with Crippen molar-refractivity contribution in [2.45, 2.75) is 18.9 Å². The molecule has 1 aromatic heterocycles. The number of carbonyl (C=O) groups excluding carboxylic acids is 2. The number of nitrogens with one attached hydrogen (secondary N) is 2. The van der Waals surface area contributed by atoms with Crippen molar-refractivity contribution in [3.8, 4) is 0 Å². The van der Waals surface area contributed by atoms with Crippen molar-refractivity contribution in [2.24, 2.45) is 0 Å². The zero-order chi connectivity index (χ0) is 15.7. The van der Waals surface area contributed by atoms with Crippen molar-refractivity contribution < 1.29 is 19.5 Å². The first-order chi connectivity index (χ1) is 10.6. The first-order valence-corrected chi connectivity index (χ1v) is 6.95. The van der Waals surface area contributed by atoms with Crippen LogP contribution in [0.4, 0.5) is 4.79 Å². The molecule has 3 N–H and O–H groups in total. The Balaban J connectivity index is 1.70. The van der Waals surface area contributed by atoms with Gasteiger partial charge < -0.3 is 15.4 Å². The number of carboxylic acid groups (broad SMARTS) is 1. The summed E-state index contributed by atoms with van der Waals surface area (Å²) < 4.78 is 0. The molecule has 2 heterocycles. The van der Waals surface area contributed by atoms with Gasteiger partial charge in [-0.25, -0.2) is 4.79 Å². The molecule has 1 aliphatic heterocycles. The van der Waals surface area contributed by atoms with Crippen molar-refractivity contribution in [3.63, 3.8) is 0 Å². The van der Waals surface area contributed by atoms with Crippen molar-refractivity contribution in [2.75, 3.05) is 6.54 Å². The van der Waals surface area contributed by atoms with E-state index in [1.54, 1.807) is 0 Å². The van der Waals surface area contributed by atoms with E-state index in [-0.39, 0.29) is 6.54 Å². The lowest BCUT2D eigenvalue weighted by atomic mass is 10.1. The number of aliphatic carboxylic acids is 1. The number of rotatable bonds is 5. The summed E-state index contributed by atoms with van der Waals surface area (Å²) in [6.45, 7) is 0.225. The fraction of sp³-hybridized carbons (Fsp3) is 0.267. The fourth-order valence-corrected chi connectivity index (χ4v) is 2.67. The summed E-state index contributed by atoms with van der Waals surface area (Å²) in [6, 6.07) is 6.28. The number of nitrogens with zero attached hydrogens (tertiary/aromatic N) is 1. The summed E-state index contributed by atoms with van der Waals surface area (Å²) in [5.41, 5.74) is 2.01. The molecule has 1 fully saturated rings. The molecule has 2 aromatic rings. The normalized spacial score (nSPS) is 18.0. The third-order valence-electron chi connectivity index (χ3n) is 3.77. The average molecular weight is 301 g/mol. The Kier molecular flexibility index (Phi) is 3.54. The Labute approximate surface area is 125 Å². The molecule has 1 saturated heterocycles. The highest BCUT2D eigenvalue weighted by molar-refractivity contribution is 6.05. The third kappa shape index (κ3) is 2.52. The Morgan fingerprint density at radius 3 is 2.82 bits per heavy atom. The van der Waals surface area contributed by atoms with Crippen molar-refractivity contribution in [1.82, 2.24) is 15.2 Å². The molecular weight excluding hydrogens is 286 g/mol. The Morgan fingerprint density at radius 2 is 2.05 bits per heavy atom. The minimum atomic E-state index is -1.11. The van der Waals surface area contributed by atoms with Crippen LogP contribution in [0.3, 0.4) is 0 Å². The van der Waals surface area contributed by atoms with Crippen LogP contribution in [0, 0.1) is 0 Å². The molecule has 3 amide bonds. The van der Waals surface area contributed by atoms with Gasteiger partial charge in [-0.15, -0.1) is 0 Å². The molecule has 1 unspecified atom stereocenters. The smallest absolute Gasteiger partial charge is 0.324 e. The van der Waals surface area contributed by atoms with Crippen LogP contribution in [0.1, 0.15) is 12.0 Å². The molecule has 0 spiro atoms. The van der Waals surface area contributed by atoms with Crippen LogP contribution in [0.25, 0.3) is 10.9 Å². The van der Waals surface area contributed by atoms with Crippen LogP contribution in [-0.2, 0) is 16.0 Å². The van der Waals surface area contributed by atoms with E-state index in [0.717, 1.165) is 21.4 Å². The predicted molar refractivity (Wildman–Crippen MR) is 78.3 cm³/mol. The molecule has 22 heavy (non-hydrogen) atoms. The van der Waals surface area contributed by atoms with Crippen LogP contribution in [0.5, 0.6) is 0 Å². The fourth-order valence-electron chi connectivity index (χ4n) is 2.67. The number of fused-ring (bicyclic) bond motifs is 1. The number of urea groups is 1. The molecule has 3 rings (SSSR count). The number of para-hydroxylation sites is 1. The number of carboxylic acids is 1. The van der Waals surface area contributed by atoms with Gasteiger partial charge in [0.05, 0.1) is 6.42 Å². The first-order valence-electron chi connectivity index (χ1n) is 6.95. The molecule has 1 aliphatic rings. The number of hydrogen-bond donors (Lipinski definition) is 3. The third-order valence-corrected chi connectivity index (χ3v) is 3.77. The number of aromatic amines is 1. The topological polar surface area (TPSA) is 102 Å². The second-order valence-corrected chi connectivity index (χ2v) is 5.20. The minimum absolute atomic E-state index is 0.225. The van der Waals surface area contributed by atoms with Crippen LogP contribution in [0.15, 0.2) is 30.5 Å². The maximum atomic E-state index is 12.0. The molecule has 1 atom stereocenters. The molecule has 7 nitrogen and oxygen atoms in total. The van der Waals surface area contributed by atoms with Gasteiger partial charge in [0.15, 0.2) is 0 Å². The molecule has 1 aromatic carbocycles. The van der Waals surface area contributed by atoms with E-state index in [0.29, 0.717) is 6.42 Å². The average Bonchev–Trinajstić information content (AvgIpc) is 2.99. The van der Waals surface area contributed by atoms with Crippen LogP contribution >= 0.6 is 0 Å². The van der Waals surface area contributed by atoms with Gasteiger partial charge in [-0.3, -0.25) is 14.5 Å². The number of benzene rings is 1. The summed E-state index contributed by atoms with van der Waals surface area (Å²) in [5, 5.41) is 12.2. The predicted octanol–water partition coefficient (Wildman–Crippen LogP) is 1.11. The molecular formula is C15H15N3O4. The molecule has 0 aliphatic carbocycles. The number of hydrogen-bond acceptors (Lipinski definition) is 3. The van der Waals surface area contributed by atoms with E-state index in [1.165, 1.54) is 0 Å². The second-order valence-electron chi connectivity index (χ2n) is 5.20. The standard InChI is InChI=1S/C15H15N3O4/c19-13(20)7-12-14(21)18(15(22)17-12)6-5-9-8-16-11-4-2-1-3-10(9)11/h1-4,8,12,16H,5-7H2,(H,17,22)(H,19,20). The summed E-state index contributed by atoms with van der Waals surface area (Å²) in [6.07, 6.45) is 1.98. The van der Waals surface area contributed by atoms with E-state index in [2.05, 4.69) is 10.3 Å². The van der Waals surface area contributed by atoms with Gasteiger partial charge in [0.2, 0.25) is 0 Å². The highest BCUT2D eigenvalue weighted by atomic mass is 16.4. The zero-order valence-electron chi connectivity index (χ0n) is 11.7.